The molecule has 1 N–H and O–H groups in total. The summed E-state index contributed by atoms with van der Waals surface area (Å²) in [6.45, 7) is 7.38. The highest BCUT2D eigenvalue weighted by Crippen LogP contribution is 2.11. The lowest BCUT2D eigenvalue weighted by atomic mass is 10.1. The van der Waals surface area contributed by atoms with E-state index < -0.39 is 0 Å². The summed E-state index contributed by atoms with van der Waals surface area (Å²) in [5, 5.41) is 7.22. The Morgan fingerprint density at radius 1 is 1.28 bits per heavy atom. The summed E-state index contributed by atoms with van der Waals surface area (Å²) in [5.74, 6) is 1.57. The van der Waals surface area contributed by atoms with Gasteiger partial charge in [-0.25, -0.2) is 0 Å². The van der Waals surface area contributed by atoms with Gasteiger partial charge in [0.25, 0.3) is 0 Å². The van der Waals surface area contributed by atoms with Crippen molar-refractivity contribution in [3.63, 3.8) is 0 Å². The lowest BCUT2D eigenvalue weighted by Gasteiger charge is -2.09. The quantitative estimate of drug-likeness (QED) is 0.855. The molecule has 0 aliphatic rings. The van der Waals surface area contributed by atoms with Crippen LogP contribution in [0.4, 0.5) is 0 Å². The Bertz CT molecular complexity index is 563. The largest absolute Gasteiger partial charge is 0.304 e. The summed E-state index contributed by atoms with van der Waals surface area (Å²) in [5.41, 5.74) is 2.54. The van der Waals surface area contributed by atoms with Crippen molar-refractivity contribution in [2.75, 3.05) is 0 Å². The number of hydrogen-bond donors (Lipinski definition) is 1. The first-order chi connectivity index (χ1) is 8.56. The second kappa shape index (κ2) is 5.48. The van der Waals surface area contributed by atoms with E-state index in [1.54, 1.807) is 0 Å². The molecule has 96 valence electrons. The van der Waals surface area contributed by atoms with Gasteiger partial charge in [0, 0.05) is 13.0 Å². The molecule has 0 saturated heterocycles. The highest BCUT2D eigenvalue weighted by Gasteiger charge is 2.08. The van der Waals surface area contributed by atoms with E-state index in [-0.39, 0.29) is 0 Å². The molecule has 0 atom stereocenters. The summed E-state index contributed by atoms with van der Waals surface area (Å²) >= 11 is 5.27. The molecule has 0 unspecified atom stereocenters. The summed E-state index contributed by atoms with van der Waals surface area (Å²) < 4.78 is 2.81. The standard InChI is InChI=1S/C14H19N3S/c1-10(2)9-17-13(15-16-14(17)18)8-12-6-4-11(3)5-7-12/h4-7,10H,8-9H2,1-3H3,(H,16,18). The van der Waals surface area contributed by atoms with E-state index in [2.05, 4.69) is 59.8 Å². The average Bonchev–Trinajstić information content (AvgIpc) is 2.64. The van der Waals surface area contributed by atoms with E-state index >= 15 is 0 Å². The number of nitrogens with zero attached hydrogens (tertiary/aromatic N) is 2. The molecule has 0 aliphatic heterocycles. The van der Waals surface area contributed by atoms with Gasteiger partial charge in [-0.1, -0.05) is 43.7 Å². The maximum absolute atomic E-state index is 5.27. The van der Waals surface area contributed by atoms with Crippen molar-refractivity contribution in [3.8, 4) is 0 Å². The molecule has 3 nitrogen and oxygen atoms in total. The van der Waals surface area contributed by atoms with Gasteiger partial charge < -0.3 is 4.57 Å². The van der Waals surface area contributed by atoms with Crippen LogP contribution in [0.5, 0.6) is 0 Å². The molecule has 0 amide bonds. The first-order valence-corrected chi connectivity index (χ1v) is 6.66. The summed E-state index contributed by atoms with van der Waals surface area (Å²) in [7, 11) is 0. The third kappa shape index (κ3) is 3.07. The number of nitrogens with one attached hydrogen (secondary N) is 1. The van der Waals surface area contributed by atoms with Gasteiger partial charge in [0.2, 0.25) is 0 Å². The normalized spacial score (nSPS) is 11.1. The second-order valence-electron chi connectivity index (χ2n) is 5.11. The fourth-order valence-electron chi connectivity index (χ4n) is 1.93. The van der Waals surface area contributed by atoms with Crippen molar-refractivity contribution in [2.24, 2.45) is 5.92 Å². The smallest absolute Gasteiger partial charge is 0.195 e. The fourth-order valence-corrected chi connectivity index (χ4v) is 2.15. The average molecular weight is 261 g/mol. The van der Waals surface area contributed by atoms with Gasteiger partial charge in [0.15, 0.2) is 4.77 Å². The molecule has 1 heterocycles. The van der Waals surface area contributed by atoms with Gasteiger partial charge in [-0.2, -0.15) is 5.10 Å². The van der Waals surface area contributed by atoms with Crippen molar-refractivity contribution in [2.45, 2.75) is 33.7 Å². The van der Waals surface area contributed by atoms with E-state index in [9.17, 15) is 0 Å². The van der Waals surface area contributed by atoms with Crippen molar-refractivity contribution in [1.82, 2.24) is 14.8 Å². The number of aromatic amines is 1. The molecule has 0 fully saturated rings. The van der Waals surface area contributed by atoms with Gasteiger partial charge >= 0.3 is 0 Å². The molecule has 0 aliphatic carbocycles. The van der Waals surface area contributed by atoms with Gasteiger partial charge in [-0.15, -0.1) is 0 Å². The van der Waals surface area contributed by atoms with Crippen LogP contribution in [0, 0.1) is 17.6 Å². The topological polar surface area (TPSA) is 33.6 Å². The molecule has 2 rings (SSSR count). The highest BCUT2D eigenvalue weighted by molar-refractivity contribution is 7.71. The SMILES string of the molecule is Cc1ccc(Cc2n[nH]c(=S)n2CC(C)C)cc1. The van der Waals surface area contributed by atoms with E-state index in [0.29, 0.717) is 10.7 Å². The minimum absolute atomic E-state index is 0.561. The third-order valence-corrected chi connectivity index (χ3v) is 3.18. The van der Waals surface area contributed by atoms with Crippen LogP contribution in [-0.4, -0.2) is 14.8 Å². The first-order valence-electron chi connectivity index (χ1n) is 6.26. The van der Waals surface area contributed by atoms with Crippen LogP contribution in [-0.2, 0) is 13.0 Å². The predicted molar refractivity (Wildman–Crippen MR) is 76.2 cm³/mol. The third-order valence-electron chi connectivity index (χ3n) is 2.87. The molecule has 0 radical (unpaired) electrons. The van der Waals surface area contributed by atoms with Crippen LogP contribution < -0.4 is 0 Å². The number of aryl methyl sites for hydroxylation is 1. The van der Waals surface area contributed by atoms with E-state index in [1.807, 2.05) is 0 Å². The van der Waals surface area contributed by atoms with Crippen LogP contribution in [0.1, 0.15) is 30.8 Å². The molecule has 4 heteroatoms. The Morgan fingerprint density at radius 3 is 2.56 bits per heavy atom. The van der Waals surface area contributed by atoms with Gasteiger partial charge in [0.1, 0.15) is 5.82 Å². The summed E-state index contributed by atoms with van der Waals surface area (Å²) in [6, 6.07) is 8.55. The molecule has 0 saturated carbocycles. The number of H-pyrrole nitrogens is 1. The Hall–Kier alpha value is -1.42. The molecule has 0 bridgehead atoms. The lowest BCUT2D eigenvalue weighted by Crippen LogP contribution is -2.09. The van der Waals surface area contributed by atoms with Gasteiger partial charge in [-0.05, 0) is 30.6 Å². The minimum atomic E-state index is 0.561. The van der Waals surface area contributed by atoms with Crippen LogP contribution in [0.2, 0.25) is 0 Å². The highest BCUT2D eigenvalue weighted by atomic mass is 32.1. The van der Waals surface area contributed by atoms with Crippen LogP contribution in [0.3, 0.4) is 0 Å². The van der Waals surface area contributed by atoms with Crippen LogP contribution in [0.25, 0.3) is 0 Å². The maximum Gasteiger partial charge on any atom is 0.195 e. The van der Waals surface area contributed by atoms with E-state index in [1.165, 1.54) is 11.1 Å². The monoisotopic (exact) mass is 261 g/mol. The van der Waals surface area contributed by atoms with Gasteiger partial charge in [-0.3, -0.25) is 5.10 Å². The zero-order chi connectivity index (χ0) is 13.1. The Balaban J connectivity index is 2.23. The molecular weight excluding hydrogens is 242 g/mol. The lowest BCUT2D eigenvalue weighted by molar-refractivity contribution is 0.505. The van der Waals surface area contributed by atoms with Crippen LogP contribution >= 0.6 is 12.2 Å². The van der Waals surface area contributed by atoms with Crippen molar-refractivity contribution < 1.29 is 0 Å². The molecule has 1 aromatic carbocycles. The van der Waals surface area contributed by atoms with Crippen molar-refractivity contribution in [1.29, 1.82) is 0 Å². The van der Waals surface area contributed by atoms with Crippen molar-refractivity contribution >= 4 is 12.2 Å². The maximum atomic E-state index is 5.27. The minimum Gasteiger partial charge on any atom is -0.304 e. The number of hydrogen-bond acceptors (Lipinski definition) is 2. The zero-order valence-electron chi connectivity index (χ0n) is 11.1. The Kier molecular flexibility index (Phi) is 3.97. The van der Waals surface area contributed by atoms with Crippen molar-refractivity contribution in [3.05, 3.63) is 46.0 Å². The second-order valence-corrected chi connectivity index (χ2v) is 5.50. The summed E-state index contributed by atoms with van der Waals surface area (Å²) in [4.78, 5) is 0. The van der Waals surface area contributed by atoms with E-state index in [4.69, 9.17) is 12.2 Å². The first kappa shape index (κ1) is 13.0. The summed E-state index contributed by atoms with van der Waals surface area (Å²) in [6.07, 6.45) is 0.820. The predicted octanol–water partition coefficient (Wildman–Crippen LogP) is 3.50. The molecule has 1 aromatic heterocycles. The number of rotatable bonds is 4. The van der Waals surface area contributed by atoms with E-state index in [0.717, 1.165) is 18.8 Å². The van der Waals surface area contributed by atoms with Crippen LogP contribution in [0.15, 0.2) is 24.3 Å². The zero-order valence-corrected chi connectivity index (χ0v) is 11.9. The number of aromatic nitrogens is 3. The Labute approximate surface area is 113 Å². The molecule has 0 spiro atoms. The number of benzene rings is 1. The molecule has 2 aromatic rings. The fraction of sp³-hybridized carbons (Fsp3) is 0.429. The Morgan fingerprint density at radius 2 is 1.94 bits per heavy atom. The molecule has 18 heavy (non-hydrogen) atoms. The molecular formula is C14H19N3S. The van der Waals surface area contributed by atoms with Gasteiger partial charge in [0.05, 0.1) is 0 Å².